The molecular formula is C24H23ClN6O. The number of carbonyl (C=O) groups excluding carboxylic acids is 1. The van der Waals surface area contributed by atoms with E-state index in [0.717, 1.165) is 16.5 Å². The van der Waals surface area contributed by atoms with E-state index in [-0.39, 0.29) is 17.8 Å². The first kappa shape index (κ1) is 20.3. The molecule has 3 aromatic rings. The van der Waals surface area contributed by atoms with Gasteiger partial charge >= 0.3 is 0 Å². The topological polar surface area (TPSA) is 100 Å². The predicted molar refractivity (Wildman–Crippen MR) is 129 cm³/mol. The van der Waals surface area contributed by atoms with Gasteiger partial charge < -0.3 is 16.4 Å². The van der Waals surface area contributed by atoms with Crippen molar-refractivity contribution in [3.05, 3.63) is 77.3 Å². The highest BCUT2D eigenvalue weighted by atomic mass is 35.5. The molecule has 8 heteroatoms. The molecule has 1 amide bonds. The molecule has 1 spiro atoms. The molecule has 2 heterocycles. The fourth-order valence-electron chi connectivity index (χ4n) is 4.56. The second-order valence-electron chi connectivity index (χ2n) is 8.09. The van der Waals surface area contributed by atoms with Crippen molar-refractivity contribution in [2.75, 3.05) is 18.0 Å². The number of hydrogen-bond donors (Lipinski definition) is 2. The van der Waals surface area contributed by atoms with Crippen molar-refractivity contribution >= 4 is 45.9 Å². The van der Waals surface area contributed by atoms with Crippen LogP contribution in [0.25, 0.3) is 10.8 Å². The number of nitrogens with two attached hydrogens (primary N) is 2. The lowest BCUT2D eigenvalue weighted by Crippen LogP contribution is -2.62. The number of benzene rings is 3. The van der Waals surface area contributed by atoms with Gasteiger partial charge in [-0.1, -0.05) is 48.0 Å². The van der Waals surface area contributed by atoms with E-state index in [4.69, 9.17) is 28.1 Å². The SMILES string of the molecule is NC1=NC2(CCN(C(=O)c3ccc4ccccc4c3)CC2)N(c2cccc(Cl)c2)C(N)=N1. The molecule has 0 aromatic heterocycles. The zero-order valence-electron chi connectivity index (χ0n) is 17.4. The molecule has 0 bridgehead atoms. The van der Waals surface area contributed by atoms with Crippen molar-refractivity contribution in [3.63, 3.8) is 0 Å². The molecule has 0 unspecified atom stereocenters. The quantitative estimate of drug-likeness (QED) is 0.628. The lowest BCUT2D eigenvalue weighted by Gasteiger charge is -2.47. The van der Waals surface area contributed by atoms with Crippen LogP contribution in [0.5, 0.6) is 0 Å². The number of rotatable bonds is 2. The van der Waals surface area contributed by atoms with Crippen LogP contribution in [0.3, 0.4) is 0 Å². The number of anilines is 1. The van der Waals surface area contributed by atoms with Gasteiger partial charge in [0.15, 0.2) is 0 Å². The highest BCUT2D eigenvalue weighted by Crippen LogP contribution is 2.37. The molecule has 5 rings (SSSR count). The maximum atomic E-state index is 13.2. The molecule has 1 fully saturated rings. The van der Waals surface area contributed by atoms with Gasteiger partial charge in [0.05, 0.1) is 0 Å². The second kappa shape index (κ2) is 7.84. The molecule has 3 aromatic carbocycles. The van der Waals surface area contributed by atoms with Gasteiger partial charge in [0.2, 0.25) is 11.9 Å². The molecule has 4 N–H and O–H groups in total. The average Bonchev–Trinajstić information content (AvgIpc) is 2.78. The van der Waals surface area contributed by atoms with Gasteiger partial charge in [-0.25, -0.2) is 4.99 Å². The van der Waals surface area contributed by atoms with E-state index in [1.807, 2.05) is 70.5 Å². The van der Waals surface area contributed by atoms with E-state index in [9.17, 15) is 4.79 Å². The number of guanidine groups is 2. The van der Waals surface area contributed by atoms with Gasteiger partial charge in [-0.05, 0) is 41.1 Å². The third kappa shape index (κ3) is 3.54. The minimum absolute atomic E-state index is 0.00862. The average molecular weight is 447 g/mol. The van der Waals surface area contributed by atoms with Crippen molar-refractivity contribution in [3.8, 4) is 0 Å². The van der Waals surface area contributed by atoms with Crippen LogP contribution >= 0.6 is 11.6 Å². The summed E-state index contributed by atoms with van der Waals surface area (Å²) in [6.07, 6.45) is 1.13. The largest absolute Gasteiger partial charge is 0.369 e. The molecule has 2 aliphatic rings. The Labute approximate surface area is 191 Å². The number of fused-ring (bicyclic) bond motifs is 1. The third-order valence-corrected chi connectivity index (χ3v) is 6.35. The number of carbonyl (C=O) groups is 1. The maximum Gasteiger partial charge on any atom is 0.253 e. The highest BCUT2D eigenvalue weighted by molar-refractivity contribution is 6.31. The fraction of sp³-hybridized carbons (Fsp3) is 0.208. The van der Waals surface area contributed by atoms with Crippen LogP contribution < -0.4 is 16.4 Å². The lowest BCUT2D eigenvalue weighted by molar-refractivity contribution is 0.0676. The summed E-state index contributed by atoms with van der Waals surface area (Å²) in [6, 6.07) is 21.2. The van der Waals surface area contributed by atoms with Gasteiger partial charge in [0, 0.05) is 42.2 Å². The Bertz CT molecular complexity index is 1260. The Hall–Kier alpha value is -3.58. The minimum Gasteiger partial charge on any atom is -0.369 e. The van der Waals surface area contributed by atoms with Crippen LogP contribution in [0.4, 0.5) is 5.69 Å². The number of amides is 1. The number of nitrogens with zero attached hydrogens (tertiary/aromatic N) is 4. The van der Waals surface area contributed by atoms with Crippen LogP contribution in [0.2, 0.25) is 5.02 Å². The zero-order chi connectivity index (χ0) is 22.3. The summed E-state index contributed by atoms with van der Waals surface area (Å²) in [5, 5.41) is 2.75. The summed E-state index contributed by atoms with van der Waals surface area (Å²) in [4.78, 5) is 25.8. The van der Waals surface area contributed by atoms with E-state index in [0.29, 0.717) is 36.5 Å². The fourth-order valence-corrected chi connectivity index (χ4v) is 4.75. The van der Waals surface area contributed by atoms with Crippen LogP contribution in [-0.2, 0) is 0 Å². The molecule has 2 aliphatic heterocycles. The first-order valence-corrected chi connectivity index (χ1v) is 10.9. The number of hydrogen-bond acceptors (Lipinski definition) is 6. The molecule has 1 saturated heterocycles. The standard InChI is InChI=1S/C24H23ClN6O/c25-19-6-3-7-20(15-19)31-23(27)28-22(26)29-24(31)10-12-30(13-11-24)21(32)18-9-8-16-4-1-2-5-17(16)14-18/h1-9,14-15H,10-13H2,(H4,26,27,28,29). The maximum absolute atomic E-state index is 13.2. The number of aliphatic imine (C=N–C) groups is 2. The Morgan fingerprint density at radius 1 is 0.938 bits per heavy atom. The number of likely N-dealkylation sites (tertiary alicyclic amines) is 1. The smallest absolute Gasteiger partial charge is 0.253 e. The molecule has 0 saturated carbocycles. The molecule has 32 heavy (non-hydrogen) atoms. The summed E-state index contributed by atoms with van der Waals surface area (Å²) < 4.78 is 0. The molecule has 0 atom stereocenters. The van der Waals surface area contributed by atoms with E-state index in [1.54, 1.807) is 6.07 Å². The summed E-state index contributed by atoms with van der Waals surface area (Å²) in [7, 11) is 0. The molecule has 162 valence electrons. The number of piperidine rings is 1. The van der Waals surface area contributed by atoms with E-state index in [2.05, 4.69) is 4.99 Å². The Morgan fingerprint density at radius 2 is 1.69 bits per heavy atom. The molecule has 0 aliphatic carbocycles. The normalized spacial score (nSPS) is 17.9. The zero-order valence-corrected chi connectivity index (χ0v) is 18.2. The summed E-state index contributed by atoms with van der Waals surface area (Å²) in [5.74, 6) is 0.429. The van der Waals surface area contributed by atoms with Crippen LogP contribution in [0, 0.1) is 0 Å². The lowest BCUT2D eigenvalue weighted by atomic mass is 9.93. The van der Waals surface area contributed by atoms with Crippen molar-refractivity contribution in [2.45, 2.75) is 18.5 Å². The van der Waals surface area contributed by atoms with Crippen LogP contribution in [0.15, 0.2) is 76.7 Å². The van der Waals surface area contributed by atoms with E-state index < -0.39 is 5.66 Å². The van der Waals surface area contributed by atoms with Crippen molar-refractivity contribution in [1.82, 2.24) is 4.90 Å². The summed E-state index contributed by atoms with van der Waals surface area (Å²) in [5.41, 5.74) is 13.0. The van der Waals surface area contributed by atoms with Crippen molar-refractivity contribution < 1.29 is 4.79 Å². The first-order chi connectivity index (χ1) is 15.4. The summed E-state index contributed by atoms with van der Waals surface area (Å²) >= 11 is 6.22. The van der Waals surface area contributed by atoms with Gasteiger partial charge in [-0.3, -0.25) is 9.69 Å². The van der Waals surface area contributed by atoms with Crippen molar-refractivity contribution in [2.24, 2.45) is 21.5 Å². The molecule has 7 nitrogen and oxygen atoms in total. The first-order valence-electron chi connectivity index (χ1n) is 10.5. The Morgan fingerprint density at radius 3 is 2.44 bits per heavy atom. The van der Waals surface area contributed by atoms with Gasteiger partial charge in [-0.2, -0.15) is 4.99 Å². The van der Waals surface area contributed by atoms with E-state index in [1.165, 1.54) is 0 Å². The Balaban J connectivity index is 1.41. The van der Waals surface area contributed by atoms with Crippen molar-refractivity contribution in [1.29, 1.82) is 0 Å². The number of halogens is 1. The summed E-state index contributed by atoms with van der Waals surface area (Å²) in [6.45, 7) is 1.04. The second-order valence-corrected chi connectivity index (χ2v) is 8.53. The molecular weight excluding hydrogens is 424 g/mol. The molecule has 0 radical (unpaired) electrons. The highest BCUT2D eigenvalue weighted by Gasteiger charge is 2.45. The van der Waals surface area contributed by atoms with Crippen LogP contribution in [-0.4, -0.2) is 41.5 Å². The van der Waals surface area contributed by atoms with E-state index >= 15 is 0 Å². The van der Waals surface area contributed by atoms with Gasteiger partial charge in [0.1, 0.15) is 5.66 Å². The van der Waals surface area contributed by atoms with Gasteiger partial charge in [0.25, 0.3) is 5.91 Å². The van der Waals surface area contributed by atoms with Crippen LogP contribution in [0.1, 0.15) is 23.2 Å². The third-order valence-electron chi connectivity index (χ3n) is 6.11. The van der Waals surface area contributed by atoms with Gasteiger partial charge in [-0.15, -0.1) is 0 Å². The predicted octanol–water partition coefficient (Wildman–Crippen LogP) is 3.58. The minimum atomic E-state index is -0.708. The Kier molecular flexibility index (Phi) is 4.98. The monoisotopic (exact) mass is 446 g/mol.